The molecule has 0 saturated carbocycles. The number of fused-ring (bicyclic) bond motifs is 1. The van der Waals surface area contributed by atoms with Gasteiger partial charge < -0.3 is 25.4 Å². The summed E-state index contributed by atoms with van der Waals surface area (Å²) in [5, 5.41) is 5.14. The molecule has 0 radical (unpaired) electrons. The zero-order valence-electron chi connectivity index (χ0n) is 22.2. The van der Waals surface area contributed by atoms with E-state index in [-0.39, 0.29) is 5.91 Å². The molecule has 1 unspecified atom stereocenters. The Balaban J connectivity index is 1.67. The number of benzene rings is 3. The molecule has 0 heterocycles. The van der Waals surface area contributed by atoms with Crippen molar-refractivity contribution in [1.29, 1.82) is 0 Å². The van der Waals surface area contributed by atoms with Crippen molar-refractivity contribution in [3.8, 4) is 5.75 Å². The van der Waals surface area contributed by atoms with Gasteiger partial charge in [-0.15, -0.1) is 0 Å². The minimum atomic E-state index is -0.741. The highest BCUT2D eigenvalue weighted by atomic mass is 16.5. The zero-order valence-corrected chi connectivity index (χ0v) is 22.2. The molecule has 3 aromatic carbocycles. The third-order valence-electron chi connectivity index (χ3n) is 6.37. The van der Waals surface area contributed by atoms with Crippen molar-refractivity contribution in [2.45, 2.75) is 46.1 Å². The van der Waals surface area contributed by atoms with Crippen LogP contribution >= 0.6 is 0 Å². The summed E-state index contributed by atoms with van der Waals surface area (Å²) in [6.45, 7) is 9.50. The number of esters is 1. The minimum absolute atomic E-state index is 0.314. The lowest BCUT2D eigenvalue weighted by Gasteiger charge is -2.18. The highest BCUT2D eigenvalue weighted by molar-refractivity contribution is 5.97. The maximum atomic E-state index is 13.0. The summed E-state index contributed by atoms with van der Waals surface area (Å²) in [5.41, 5.74) is 8.11. The second-order valence-electron chi connectivity index (χ2n) is 9.06. The summed E-state index contributed by atoms with van der Waals surface area (Å²) in [5.74, 6) is -0.306. The van der Waals surface area contributed by atoms with Crippen LogP contribution in [0.5, 0.6) is 5.75 Å². The van der Waals surface area contributed by atoms with Crippen LogP contribution < -0.4 is 15.8 Å². The summed E-state index contributed by atoms with van der Waals surface area (Å²) in [7, 11) is 0. The van der Waals surface area contributed by atoms with Gasteiger partial charge in [-0.25, -0.2) is 4.79 Å². The first-order chi connectivity index (χ1) is 17.9. The van der Waals surface area contributed by atoms with Gasteiger partial charge >= 0.3 is 5.97 Å². The van der Waals surface area contributed by atoms with Crippen LogP contribution in [-0.4, -0.2) is 55.7 Å². The van der Waals surface area contributed by atoms with Crippen molar-refractivity contribution in [2.24, 2.45) is 5.73 Å². The van der Waals surface area contributed by atoms with E-state index < -0.39 is 12.0 Å². The molecule has 0 fully saturated rings. The zero-order chi connectivity index (χ0) is 26.6. The summed E-state index contributed by atoms with van der Waals surface area (Å²) in [6, 6.07) is 18.4. The first kappa shape index (κ1) is 28.2. The lowest BCUT2D eigenvalue weighted by atomic mass is 10.0. The number of unbranched alkanes of at least 4 members (excludes halogenated alkanes) is 1. The lowest BCUT2D eigenvalue weighted by Crippen LogP contribution is -2.37. The van der Waals surface area contributed by atoms with Gasteiger partial charge in [-0.2, -0.15) is 0 Å². The van der Waals surface area contributed by atoms with Crippen molar-refractivity contribution < 1.29 is 19.1 Å². The minimum Gasteiger partial charge on any atom is -0.491 e. The van der Waals surface area contributed by atoms with Crippen LogP contribution in [0.3, 0.4) is 0 Å². The number of hydrogen-bond donors (Lipinski definition) is 2. The van der Waals surface area contributed by atoms with Crippen LogP contribution in [0.25, 0.3) is 10.8 Å². The average molecular weight is 506 g/mol. The first-order valence-corrected chi connectivity index (χ1v) is 13.2. The molecule has 0 saturated heterocycles. The second kappa shape index (κ2) is 14.4. The van der Waals surface area contributed by atoms with Gasteiger partial charge in [-0.3, -0.25) is 4.79 Å². The van der Waals surface area contributed by atoms with Crippen LogP contribution in [0, 0.1) is 0 Å². The van der Waals surface area contributed by atoms with Gasteiger partial charge in [0.1, 0.15) is 12.4 Å². The SMILES string of the molecule is CCCCOc1cc(C(=O)OCCN(CC)CC)ccc1NC(=O)C(N)Cc1ccc2ccccc2c1. The van der Waals surface area contributed by atoms with Crippen LogP contribution in [0.2, 0.25) is 0 Å². The number of amides is 1. The highest BCUT2D eigenvalue weighted by Gasteiger charge is 2.18. The number of carbonyl (C=O) groups is 2. The molecular formula is C30H39N3O4. The van der Waals surface area contributed by atoms with Crippen molar-refractivity contribution in [2.75, 3.05) is 38.2 Å². The predicted molar refractivity (Wildman–Crippen MR) is 149 cm³/mol. The number of hydrogen-bond acceptors (Lipinski definition) is 6. The molecule has 7 heteroatoms. The van der Waals surface area contributed by atoms with E-state index in [0.29, 0.717) is 43.2 Å². The molecule has 37 heavy (non-hydrogen) atoms. The van der Waals surface area contributed by atoms with Gasteiger partial charge in [0, 0.05) is 6.54 Å². The van der Waals surface area contributed by atoms with Gasteiger partial charge in [0.25, 0.3) is 0 Å². The number of anilines is 1. The summed E-state index contributed by atoms with van der Waals surface area (Å²) in [4.78, 5) is 27.8. The van der Waals surface area contributed by atoms with E-state index in [9.17, 15) is 9.59 Å². The smallest absolute Gasteiger partial charge is 0.338 e. The van der Waals surface area contributed by atoms with E-state index in [0.717, 1.165) is 42.3 Å². The number of carbonyl (C=O) groups excluding carboxylic acids is 2. The first-order valence-electron chi connectivity index (χ1n) is 13.2. The van der Waals surface area contributed by atoms with Crippen LogP contribution in [0.4, 0.5) is 5.69 Å². The van der Waals surface area contributed by atoms with E-state index in [1.165, 1.54) is 0 Å². The molecule has 0 aromatic heterocycles. The fourth-order valence-corrected chi connectivity index (χ4v) is 4.03. The van der Waals surface area contributed by atoms with E-state index in [1.54, 1.807) is 18.2 Å². The number of likely N-dealkylation sites (N-methyl/N-ethyl adjacent to an activating group) is 1. The Bertz CT molecular complexity index is 1180. The van der Waals surface area contributed by atoms with Crippen molar-refractivity contribution in [3.63, 3.8) is 0 Å². The second-order valence-corrected chi connectivity index (χ2v) is 9.06. The quantitative estimate of drug-likeness (QED) is 0.236. The third-order valence-corrected chi connectivity index (χ3v) is 6.37. The van der Waals surface area contributed by atoms with Crippen LogP contribution in [0.1, 0.15) is 49.5 Å². The Morgan fingerprint density at radius 3 is 2.43 bits per heavy atom. The number of nitrogens with zero attached hydrogens (tertiary/aromatic N) is 1. The normalized spacial score (nSPS) is 11.9. The average Bonchev–Trinajstić information content (AvgIpc) is 2.91. The molecule has 1 atom stereocenters. The fourth-order valence-electron chi connectivity index (χ4n) is 4.03. The van der Waals surface area contributed by atoms with Gasteiger partial charge in [0.15, 0.2) is 0 Å². The van der Waals surface area contributed by atoms with E-state index in [4.69, 9.17) is 15.2 Å². The Hall–Kier alpha value is -3.42. The third kappa shape index (κ3) is 8.30. The van der Waals surface area contributed by atoms with Crippen molar-refractivity contribution >= 4 is 28.3 Å². The molecule has 0 spiro atoms. The predicted octanol–water partition coefficient (Wildman–Crippen LogP) is 5.03. The summed E-state index contributed by atoms with van der Waals surface area (Å²) >= 11 is 0. The van der Waals surface area contributed by atoms with Crippen LogP contribution in [0.15, 0.2) is 60.7 Å². The van der Waals surface area contributed by atoms with Gasteiger partial charge in [0.2, 0.25) is 5.91 Å². The molecule has 3 rings (SSSR count). The van der Waals surface area contributed by atoms with E-state index in [2.05, 4.69) is 43.1 Å². The lowest BCUT2D eigenvalue weighted by molar-refractivity contribution is -0.117. The Morgan fingerprint density at radius 1 is 0.946 bits per heavy atom. The molecule has 3 aromatic rings. The summed E-state index contributed by atoms with van der Waals surface area (Å²) in [6.07, 6.45) is 2.22. The number of nitrogens with one attached hydrogen (secondary N) is 1. The number of nitrogens with two attached hydrogens (primary N) is 1. The van der Waals surface area contributed by atoms with Crippen LogP contribution in [-0.2, 0) is 16.0 Å². The summed E-state index contributed by atoms with van der Waals surface area (Å²) < 4.78 is 11.4. The number of ether oxygens (including phenoxy) is 2. The van der Waals surface area contributed by atoms with E-state index >= 15 is 0 Å². The molecule has 0 aliphatic rings. The largest absolute Gasteiger partial charge is 0.491 e. The molecule has 0 aliphatic carbocycles. The Labute approximate surface area is 219 Å². The highest BCUT2D eigenvalue weighted by Crippen LogP contribution is 2.27. The molecule has 1 amide bonds. The molecule has 7 nitrogen and oxygen atoms in total. The van der Waals surface area contributed by atoms with Gasteiger partial charge in [0.05, 0.1) is 23.9 Å². The standard InChI is InChI=1S/C30H39N3O4/c1-4-7-17-36-28-21-25(30(35)37-18-16-33(5-2)6-3)14-15-27(28)32-29(34)26(31)20-22-12-13-23-10-8-9-11-24(23)19-22/h8-15,19,21,26H,4-7,16-18,20,31H2,1-3H3,(H,32,34). The molecule has 0 aliphatic heterocycles. The topological polar surface area (TPSA) is 93.9 Å². The van der Waals surface area contributed by atoms with Crippen molar-refractivity contribution in [1.82, 2.24) is 4.90 Å². The fraction of sp³-hybridized carbons (Fsp3) is 0.400. The molecule has 3 N–H and O–H groups in total. The van der Waals surface area contributed by atoms with Gasteiger partial charge in [-0.05, 0) is 60.5 Å². The molecule has 198 valence electrons. The maximum Gasteiger partial charge on any atom is 0.338 e. The Kier molecular flexibility index (Phi) is 10.9. The maximum absolute atomic E-state index is 13.0. The van der Waals surface area contributed by atoms with Crippen molar-refractivity contribution in [3.05, 3.63) is 71.8 Å². The monoisotopic (exact) mass is 505 g/mol. The molecular weight excluding hydrogens is 466 g/mol. The van der Waals surface area contributed by atoms with E-state index in [1.807, 2.05) is 30.3 Å². The number of rotatable bonds is 14. The molecule has 0 bridgehead atoms. The Morgan fingerprint density at radius 2 is 1.70 bits per heavy atom. The van der Waals surface area contributed by atoms with Gasteiger partial charge in [-0.1, -0.05) is 69.7 Å².